The van der Waals surface area contributed by atoms with E-state index in [1.54, 1.807) is 6.20 Å². The van der Waals surface area contributed by atoms with E-state index in [9.17, 15) is 22.8 Å². The second kappa shape index (κ2) is 6.96. The Labute approximate surface area is 179 Å². The predicted molar refractivity (Wildman–Crippen MR) is 105 cm³/mol. The Balaban J connectivity index is 1.47. The molecule has 2 amide bonds. The van der Waals surface area contributed by atoms with E-state index >= 15 is 0 Å². The lowest BCUT2D eigenvalue weighted by Gasteiger charge is -2.42. The van der Waals surface area contributed by atoms with Crippen molar-refractivity contribution in [3.05, 3.63) is 33.7 Å². The number of fused-ring (bicyclic) bond motifs is 1. The van der Waals surface area contributed by atoms with Crippen LogP contribution in [0.25, 0.3) is 5.65 Å². The van der Waals surface area contributed by atoms with Crippen molar-refractivity contribution in [3.63, 3.8) is 0 Å². The minimum atomic E-state index is -4.58. The Hall–Kier alpha value is -2.10. The van der Waals surface area contributed by atoms with Gasteiger partial charge in [0.2, 0.25) is 5.91 Å². The van der Waals surface area contributed by atoms with Crippen molar-refractivity contribution >= 4 is 33.4 Å². The van der Waals surface area contributed by atoms with E-state index in [1.807, 2.05) is 4.90 Å². The lowest BCUT2D eigenvalue weighted by Crippen LogP contribution is -2.56. The van der Waals surface area contributed by atoms with E-state index in [-0.39, 0.29) is 40.4 Å². The molecule has 3 fully saturated rings. The minimum absolute atomic E-state index is 0.0743. The normalized spacial score (nSPS) is 20.7. The number of rotatable bonds is 3. The molecule has 1 saturated heterocycles. The van der Waals surface area contributed by atoms with Gasteiger partial charge in [0.1, 0.15) is 11.1 Å². The lowest BCUT2D eigenvalue weighted by atomic mass is 9.91. The Morgan fingerprint density at radius 1 is 1.17 bits per heavy atom. The highest BCUT2D eigenvalue weighted by molar-refractivity contribution is 9.10. The molecule has 10 heteroatoms. The maximum absolute atomic E-state index is 13.7. The summed E-state index contributed by atoms with van der Waals surface area (Å²) in [4.78, 5) is 32.8. The van der Waals surface area contributed by atoms with Crippen LogP contribution in [0, 0.1) is 0 Å². The van der Waals surface area contributed by atoms with Crippen molar-refractivity contribution < 1.29 is 22.8 Å². The van der Waals surface area contributed by atoms with Crippen molar-refractivity contribution in [3.8, 4) is 0 Å². The molecular formula is C20H20BrF3N4O2. The third kappa shape index (κ3) is 3.29. The molecule has 6 nitrogen and oxygen atoms in total. The Morgan fingerprint density at radius 2 is 1.90 bits per heavy atom. The summed E-state index contributed by atoms with van der Waals surface area (Å²) in [5.74, 6) is -0.541. The number of carbonyl (C=O) groups is 2. The molecule has 2 aliphatic carbocycles. The lowest BCUT2D eigenvalue weighted by molar-refractivity contribution is -0.139. The van der Waals surface area contributed by atoms with Gasteiger partial charge in [-0.15, -0.1) is 0 Å². The molecule has 1 aliphatic heterocycles. The summed E-state index contributed by atoms with van der Waals surface area (Å²) in [6.45, 7) is 0.718. The highest BCUT2D eigenvalue weighted by Gasteiger charge is 2.39. The summed E-state index contributed by atoms with van der Waals surface area (Å²) in [7, 11) is 0. The first-order valence-corrected chi connectivity index (χ1v) is 10.9. The van der Waals surface area contributed by atoms with E-state index in [1.165, 1.54) is 9.30 Å². The topological polar surface area (TPSA) is 57.9 Å². The summed E-state index contributed by atoms with van der Waals surface area (Å²) in [5, 5.41) is 0. The summed E-state index contributed by atoms with van der Waals surface area (Å²) < 4.78 is 42.5. The first-order valence-electron chi connectivity index (χ1n) is 10.1. The van der Waals surface area contributed by atoms with Gasteiger partial charge in [0.05, 0.1) is 5.56 Å². The minimum Gasteiger partial charge on any atom is -0.336 e. The zero-order valence-electron chi connectivity index (χ0n) is 16.1. The van der Waals surface area contributed by atoms with Crippen molar-refractivity contribution in [2.75, 3.05) is 19.6 Å². The molecule has 5 rings (SSSR count). The number of aromatic nitrogens is 2. The maximum Gasteiger partial charge on any atom is 0.419 e. The van der Waals surface area contributed by atoms with Gasteiger partial charge in [-0.1, -0.05) is 0 Å². The van der Waals surface area contributed by atoms with Crippen LogP contribution in [0.4, 0.5) is 13.2 Å². The number of alkyl halides is 3. The van der Waals surface area contributed by atoms with Gasteiger partial charge in [0, 0.05) is 25.3 Å². The van der Waals surface area contributed by atoms with Gasteiger partial charge in [-0.2, -0.15) is 13.2 Å². The predicted octanol–water partition coefficient (Wildman–Crippen LogP) is 3.83. The molecule has 0 radical (unpaired) electrons. The Bertz CT molecular complexity index is 1040. The van der Waals surface area contributed by atoms with Gasteiger partial charge in [-0.05, 0) is 65.6 Å². The van der Waals surface area contributed by atoms with Crippen molar-refractivity contribution in [1.82, 2.24) is 19.2 Å². The van der Waals surface area contributed by atoms with Crippen molar-refractivity contribution in [2.45, 2.75) is 50.2 Å². The van der Waals surface area contributed by atoms with Gasteiger partial charge in [0.15, 0.2) is 11.3 Å². The molecule has 0 bridgehead atoms. The highest BCUT2D eigenvalue weighted by atomic mass is 79.9. The average Bonchev–Trinajstić information content (AvgIpc) is 3.44. The van der Waals surface area contributed by atoms with Gasteiger partial charge in [-0.3, -0.25) is 14.0 Å². The van der Waals surface area contributed by atoms with Crippen LogP contribution in [-0.2, 0) is 11.0 Å². The molecular weight excluding hydrogens is 465 g/mol. The number of amides is 2. The number of piperazine rings is 1. The molecule has 0 N–H and O–H groups in total. The van der Waals surface area contributed by atoms with E-state index in [4.69, 9.17) is 0 Å². The summed E-state index contributed by atoms with van der Waals surface area (Å²) in [6, 6.07) is 1.40. The summed E-state index contributed by atoms with van der Waals surface area (Å²) in [5.41, 5.74) is -0.659. The SMILES string of the molecule is O=C(c1nc2c(C(F)(F)F)cc(C3CC3)cn2c1Br)N1CCN(C2CCC2)C(=O)C1. The van der Waals surface area contributed by atoms with Gasteiger partial charge < -0.3 is 9.80 Å². The van der Waals surface area contributed by atoms with Crippen LogP contribution < -0.4 is 0 Å². The van der Waals surface area contributed by atoms with Crippen LogP contribution in [0.5, 0.6) is 0 Å². The van der Waals surface area contributed by atoms with Crippen LogP contribution in [0.1, 0.15) is 59.6 Å². The standard InChI is InChI=1S/C20H20BrF3N4O2/c21-17-16(19(30)26-6-7-27(15(29)10-26)13-2-1-3-13)25-18-14(20(22,23)24)8-12(9-28(17)18)11-4-5-11/h8-9,11,13H,1-7,10H2. The smallest absolute Gasteiger partial charge is 0.336 e. The number of imidazole rings is 1. The molecule has 3 heterocycles. The fraction of sp³-hybridized carbons (Fsp3) is 0.550. The Kier molecular flexibility index (Phi) is 4.61. The van der Waals surface area contributed by atoms with Gasteiger partial charge >= 0.3 is 6.18 Å². The number of nitrogens with zero attached hydrogens (tertiary/aromatic N) is 4. The molecule has 2 aromatic heterocycles. The largest absolute Gasteiger partial charge is 0.419 e. The molecule has 2 saturated carbocycles. The van der Waals surface area contributed by atoms with E-state index in [2.05, 4.69) is 20.9 Å². The molecule has 0 spiro atoms. The van der Waals surface area contributed by atoms with Crippen LogP contribution >= 0.6 is 15.9 Å². The van der Waals surface area contributed by atoms with Crippen molar-refractivity contribution in [2.24, 2.45) is 0 Å². The fourth-order valence-corrected chi connectivity index (χ4v) is 4.75. The fourth-order valence-electron chi connectivity index (χ4n) is 4.22. The number of halogens is 4. The Morgan fingerprint density at radius 3 is 2.47 bits per heavy atom. The van der Waals surface area contributed by atoms with E-state index in [0.29, 0.717) is 18.7 Å². The summed E-state index contributed by atoms with van der Waals surface area (Å²) in [6.07, 6.45) is 1.83. The zero-order valence-corrected chi connectivity index (χ0v) is 17.7. The number of hydrogen-bond donors (Lipinski definition) is 0. The molecule has 3 aliphatic rings. The molecule has 30 heavy (non-hydrogen) atoms. The van der Waals surface area contributed by atoms with Crippen LogP contribution in [0.2, 0.25) is 0 Å². The molecule has 0 atom stereocenters. The van der Waals surface area contributed by atoms with E-state index in [0.717, 1.165) is 38.2 Å². The zero-order chi connectivity index (χ0) is 21.2. The molecule has 0 unspecified atom stereocenters. The second-order valence-electron chi connectivity index (χ2n) is 8.30. The third-order valence-corrected chi connectivity index (χ3v) is 7.06. The highest BCUT2D eigenvalue weighted by Crippen LogP contribution is 2.43. The average molecular weight is 485 g/mol. The third-order valence-electron chi connectivity index (χ3n) is 6.30. The van der Waals surface area contributed by atoms with Crippen LogP contribution in [0.3, 0.4) is 0 Å². The van der Waals surface area contributed by atoms with E-state index < -0.39 is 17.6 Å². The second-order valence-corrected chi connectivity index (χ2v) is 9.05. The number of carbonyl (C=O) groups excluding carboxylic acids is 2. The van der Waals surface area contributed by atoms with Crippen LogP contribution in [0.15, 0.2) is 16.9 Å². The first kappa shape index (κ1) is 19.8. The molecule has 2 aromatic rings. The maximum atomic E-state index is 13.7. The molecule has 160 valence electrons. The van der Waals surface area contributed by atoms with Gasteiger partial charge in [-0.25, -0.2) is 4.98 Å². The molecule has 0 aromatic carbocycles. The quantitative estimate of drug-likeness (QED) is 0.665. The van der Waals surface area contributed by atoms with Gasteiger partial charge in [0.25, 0.3) is 5.91 Å². The monoisotopic (exact) mass is 484 g/mol. The summed E-state index contributed by atoms with van der Waals surface area (Å²) >= 11 is 3.28. The first-order chi connectivity index (χ1) is 14.2. The number of hydrogen-bond acceptors (Lipinski definition) is 3. The van der Waals surface area contributed by atoms with Crippen molar-refractivity contribution in [1.29, 1.82) is 0 Å². The van der Waals surface area contributed by atoms with Crippen LogP contribution in [-0.4, -0.2) is 56.7 Å². The number of pyridine rings is 1.